The van der Waals surface area contributed by atoms with Crippen LogP contribution >= 0.6 is 11.3 Å². The fourth-order valence-corrected chi connectivity index (χ4v) is 2.99. The molecule has 0 N–H and O–H groups in total. The van der Waals surface area contributed by atoms with E-state index >= 15 is 0 Å². The number of aromatic nitrogens is 4. The number of hydrogen-bond donors (Lipinski definition) is 0. The van der Waals surface area contributed by atoms with E-state index in [-0.39, 0.29) is 11.5 Å². The van der Waals surface area contributed by atoms with Gasteiger partial charge in [0.1, 0.15) is 5.60 Å². The Morgan fingerprint density at radius 3 is 2.45 bits per heavy atom. The Bertz CT molecular complexity index is 989. The highest BCUT2D eigenvalue weighted by atomic mass is 32.1. The molecule has 3 aromatic heterocycles. The van der Waals surface area contributed by atoms with Crippen molar-refractivity contribution in [1.29, 1.82) is 0 Å². The number of pyridine rings is 1. The lowest BCUT2D eigenvalue weighted by molar-refractivity contribution is 0.0598. The number of amides is 2. The predicted molar refractivity (Wildman–Crippen MR) is 109 cm³/mol. The van der Waals surface area contributed by atoms with Crippen molar-refractivity contribution in [3.8, 4) is 0 Å². The summed E-state index contributed by atoms with van der Waals surface area (Å²) in [7, 11) is 1.58. The lowest BCUT2D eigenvalue weighted by Crippen LogP contribution is -2.36. The summed E-state index contributed by atoms with van der Waals surface area (Å²) in [5.41, 5.74) is -0.366. The summed E-state index contributed by atoms with van der Waals surface area (Å²) in [5.74, 6) is -0.413. The number of carbonyl (C=O) groups is 2. The normalized spacial score (nSPS) is 11.0. The van der Waals surface area contributed by atoms with E-state index in [1.807, 2.05) is 0 Å². The summed E-state index contributed by atoms with van der Waals surface area (Å²) < 4.78 is 5.53. The third kappa shape index (κ3) is 4.72. The summed E-state index contributed by atoms with van der Waals surface area (Å²) in [6, 6.07) is 3.34. The number of nitrogens with zero attached hydrogens (tertiary/aromatic N) is 6. The maximum Gasteiger partial charge on any atom is 0.420 e. The highest BCUT2D eigenvalue weighted by Crippen LogP contribution is 2.29. The molecule has 9 nitrogen and oxygen atoms in total. The van der Waals surface area contributed by atoms with Crippen molar-refractivity contribution >= 4 is 40.0 Å². The van der Waals surface area contributed by atoms with Gasteiger partial charge in [-0.05, 0) is 32.9 Å². The van der Waals surface area contributed by atoms with E-state index in [1.165, 1.54) is 39.7 Å². The SMILES string of the molecule is CN(C(=O)c1nccnc1N(C(=O)OC(C)(C)C)c1cccnc1)c1nccs1. The number of hydrogen-bond acceptors (Lipinski definition) is 8. The summed E-state index contributed by atoms with van der Waals surface area (Å²) in [5, 5.41) is 2.26. The van der Waals surface area contributed by atoms with Crippen molar-refractivity contribution in [1.82, 2.24) is 19.9 Å². The van der Waals surface area contributed by atoms with Crippen LogP contribution in [0.5, 0.6) is 0 Å². The van der Waals surface area contributed by atoms with E-state index in [1.54, 1.807) is 57.7 Å². The molecular weight excluding hydrogens is 392 g/mol. The molecule has 0 saturated carbocycles. The minimum Gasteiger partial charge on any atom is -0.443 e. The Morgan fingerprint density at radius 2 is 1.83 bits per heavy atom. The van der Waals surface area contributed by atoms with Crippen molar-refractivity contribution in [3.05, 3.63) is 54.2 Å². The van der Waals surface area contributed by atoms with Crippen LogP contribution in [0.25, 0.3) is 0 Å². The molecule has 0 saturated heterocycles. The molecule has 0 aliphatic rings. The van der Waals surface area contributed by atoms with Gasteiger partial charge < -0.3 is 4.74 Å². The Kier molecular flexibility index (Phi) is 5.83. The zero-order valence-electron chi connectivity index (χ0n) is 16.4. The number of anilines is 3. The first-order valence-electron chi connectivity index (χ1n) is 8.69. The lowest BCUT2D eigenvalue weighted by atomic mass is 10.2. The summed E-state index contributed by atoms with van der Waals surface area (Å²) >= 11 is 1.31. The first-order valence-corrected chi connectivity index (χ1v) is 9.57. The second-order valence-electron chi connectivity index (χ2n) is 6.93. The van der Waals surface area contributed by atoms with Crippen LogP contribution in [0.15, 0.2) is 48.5 Å². The van der Waals surface area contributed by atoms with Crippen LogP contribution in [-0.2, 0) is 4.74 Å². The van der Waals surface area contributed by atoms with Crippen LogP contribution in [-0.4, -0.2) is 44.6 Å². The Morgan fingerprint density at radius 1 is 1.07 bits per heavy atom. The molecule has 29 heavy (non-hydrogen) atoms. The minimum atomic E-state index is -0.748. The smallest absolute Gasteiger partial charge is 0.420 e. The van der Waals surface area contributed by atoms with Gasteiger partial charge in [0, 0.05) is 37.2 Å². The van der Waals surface area contributed by atoms with Gasteiger partial charge in [-0.2, -0.15) is 0 Å². The molecule has 0 unspecified atom stereocenters. The monoisotopic (exact) mass is 412 g/mol. The van der Waals surface area contributed by atoms with Gasteiger partial charge in [0.15, 0.2) is 16.6 Å². The average molecular weight is 412 g/mol. The summed E-state index contributed by atoms with van der Waals surface area (Å²) in [4.78, 5) is 45.3. The molecule has 150 valence electrons. The van der Waals surface area contributed by atoms with Crippen molar-refractivity contribution in [2.45, 2.75) is 26.4 Å². The van der Waals surface area contributed by atoms with Crippen molar-refractivity contribution < 1.29 is 14.3 Å². The quantitative estimate of drug-likeness (QED) is 0.644. The molecular formula is C19H20N6O3S. The topological polar surface area (TPSA) is 101 Å². The predicted octanol–water partition coefficient (Wildman–Crippen LogP) is 3.68. The summed E-state index contributed by atoms with van der Waals surface area (Å²) in [6.45, 7) is 5.27. The molecule has 0 bridgehead atoms. The molecule has 3 rings (SSSR count). The molecule has 0 aliphatic heterocycles. The van der Waals surface area contributed by atoms with E-state index in [2.05, 4.69) is 19.9 Å². The molecule has 2 amide bonds. The zero-order chi connectivity index (χ0) is 21.0. The Hall–Kier alpha value is -3.40. The zero-order valence-corrected chi connectivity index (χ0v) is 17.3. The van der Waals surface area contributed by atoms with Gasteiger partial charge >= 0.3 is 6.09 Å². The number of ether oxygens (including phenoxy) is 1. The maximum atomic E-state index is 13.1. The number of rotatable bonds is 4. The highest BCUT2D eigenvalue weighted by Gasteiger charge is 2.31. The van der Waals surface area contributed by atoms with Gasteiger partial charge in [0.2, 0.25) is 0 Å². The molecule has 0 fully saturated rings. The fraction of sp³-hybridized carbons (Fsp3) is 0.263. The number of carbonyl (C=O) groups excluding carboxylic acids is 2. The molecule has 0 spiro atoms. The average Bonchev–Trinajstić information content (AvgIpc) is 3.22. The van der Waals surface area contributed by atoms with Crippen molar-refractivity contribution in [3.63, 3.8) is 0 Å². The largest absolute Gasteiger partial charge is 0.443 e. The van der Waals surface area contributed by atoms with Crippen LogP contribution in [0.4, 0.5) is 21.4 Å². The van der Waals surface area contributed by atoms with E-state index in [4.69, 9.17) is 4.74 Å². The lowest BCUT2D eigenvalue weighted by Gasteiger charge is -2.27. The Labute approximate surface area is 172 Å². The molecule has 0 aliphatic carbocycles. The molecule has 0 aromatic carbocycles. The van der Waals surface area contributed by atoms with Gasteiger partial charge in [-0.3, -0.25) is 14.7 Å². The third-order valence-corrected chi connectivity index (χ3v) is 4.43. The highest BCUT2D eigenvalue weighted by molar-refractivity contribution is 7.13. The van der Waals surface area contributed by atoms with Gasteiger partial charge in [-0.15, -0.1) is 11.3 Å². The second kappa shape index (κ2) is 8.31. The van der Waals surface area contributed by atoms with Crippen molar-refractivity contribution in [2.75, 3.05) is 16.8 Å². The first-order chi connectivity index (χ1) is 13.8. The molecule has 10 heteroatoms. The van der Waals surface area contributed by atoms with Gasteiger partial charge in [-0.1, -0.05) is 0 Å². The van der Waals surface area contributed by atoms with E-state index in [0.717, 1.165) is 0 Å². The second-order valence-corrected chi connectivity index (χ2v) is 7.81. The molecule has 0 radical (unpaired) electrons. The van der Waals surface area contributed by atoms with Gasteiger partial charge in [0.25, 0.3) is 5.91 Å². The van der Waals surface area contributed by atoms with Gasteiger partial charge in [-0.25, -0.2) is 24.6 Å². The fourth-order valence-electron chi connectivity index (χ4n) is 2.38. The number of thiazole rings is 1. The molecule has 0 atom stereocenters. The van der Waals surface area contributed by atoms with Gasteiger partial charge in [0.05, 0.1) is 11.9 Å². The molecule has 3 heterocycles. The minimum absolute atomic E-state index is 0.0140. The maximum absolute atomic E-state index is 13.1. The van der Waals surface area contributed by atoms with Crippen LogP contribution in [0.1, 0.15) is 31.3 Å². The summed E-state index contributed by atoms with van der Waals surface area (Å²) in [6.07, 6.45) is 6.76. The van der Waals surface area contributed by atoms with E-state index < -0.39 is 17.6 Å². The van der Waals surface area contributed by atoms with Crippen LogP contribution in [0, 0.1) is 0 Å². The van der Waals surface area contributed by atoms with Crippen LogP contribution in [0.3, 0.4) is 0 Å². The Balaban J connectivity index is 2.07. The van der Waals surface area contributed by atoms with Crippen molar-refractivity contribution in [2.24, 2.45) is 0 Å². The van der Waals surface area contributed by atoms with Crippen LogP contribution < -0.4 is 9.80 Å². The van der Waals surface area contributed by atoms with Crippen LogP contribution in [0.2, 0.25) is 0 Å². The van der Waals surface area contributed by atoms with E-state index in [9.17, 15) is 9.59 Å². The molecule has 3 aromatic rings. The first kappa shape index (κ1) is 20.3. The van der Waals surface area contributed by atoms with E-state index in [0.29, 0.717) is 10.8 Å². The standard InChI is InChI=1S/C19H20N6O3S/c1-19(2,3)28-18(27)25(13-6-5-7-20-12-13)15-14(21-8-9-22-15)16(26)24(4)17-23-10-11-29-17/h5-12H,1-4H3. The third-order valence-electron chi connectivity index (χ3n) is 3.58.